The quantitative estimate of drug-likeness (QED) is 0.800. The van der Waals surface area contributed by atoms with E-state index in [2.05, 4.69) is 20.1 Å². The number of carbonyl (C=O) groups is 1. The summed E-state index contributed by atoms with van der Waals surface area (Å²) >= 11 is 0. The van der Waals surface area contributed by atoms with Crippen LogP contribution in [0.5, 0.6) is 0 Å². The lowest BCUT2D eigenvalue weighted by Crippen LogP contribution is -2.31. The Bertz CT molecular complexity index is 513. The van der Waals surface area contributed by atoms with Crippen LogP contribution < -0.4 is 11.1 Å². The van der Waals surface area contributed by atoms with Crippen LogP contribution in [0.3, 0.4) is 0 Å². The molecule has 1 amide bonds. The van der Waals surface area contributed by atoms with Gasteiger partial charge in [0.1, 0.15) is 11.6 Å². The fraction of sp³-hybridized carbons (Fsp3) is 0.812. The van der Waals surface area contributed by atoms with Crippen LogP contribution in [0.15, 0.2) is 0 Å². The van der Waals surface area contributed by atoms with Crippen molar-refractivity contribution in [2.24, 2.45) is 11.7 Å². The second kappa shape index (κ2) is 7.22. The number of nitrogens with one attached hydrogen (secondary N) is 1. The van der Waals surface area contributed by atoms with E-state index in [0.29, 0.717) is 6.54 Å². The predicted molar refractivity (Wildman–Crippen MR) is 84.2 cm³/mol. The van der Waals surface area contributed by atoms with Crippen molar-refractivity contribution >= 4 is 5.91 Å². The molecule has 3 N–H and O–H groups in total. The van der Waals surface area contributed by atoms with Crippen molar-refractivity contribution in [3.05, 3.63) is 11.6 Å². The molecule has 1 fully saturated rings. The molecule has 3 rings (SSSR count). The van der Waals surface area contributed by atoms with Crippen molar-refractivity contribution in [1.82, 2.24) is 20.1 Å². The monoisotopic (exact) mass is 305 g/mol. The third-order valence-corrected chi connectivity index (χ3v) is 4.91. The molecule has 6 nitrogen and oxygen atoms in total. The molecule has 1 aliphatic heterocycles. The van der Waals surface area contributed by atoms with Gasteiger partial charge in [0.15, 0.2) is 0 Å². The molecule has 0 saturated heterocycles. The zero-order chi connectivity index (χ0) is 15.4. The summed E-state index contributed by atoms with van der Waals surface area (Å²) in [6.07, 6.45) is 9.32. The van der Waals surface area contributed by atoms with E-state index in [9.17, 15) is 4.79 Å². The molecule has 1 aromatic rings. The van der Waals surface area contributed by atoms with E-state index in [1.807, 2.05) is 0 Å². The molecule has 0 aromatic carbocycles. The van der Waals surface area contributed by atoms with Gasteiger partial charge in [0, 0.05) is 37.9 Å². The fourth-order valence-corrected chi connectivity index (χ4v) is 3.59. The molecule has 1 aliphatic carbocycles. The average molecular weight is 305 g/mol. The highest BCUT2D eigenvalue weighted by Gasteiger charge is 2.27. The van der Waals surface area contributed by atoms with Crippen molar-refractivity contribution in [2.45, 2.75) is 70.4 Å². The molecular formula is C16H27N5O. The number of aryl methyl sites for hydroxylation is 2. The first kappa shape index (κ1) is 15.5. The van der Waals surface area contributed by atoms with E-state index < -0.39 is 0 Å². The highest BCUT2D eigenvalue weighted by molar-refractivity contribution is 5.78. The number of fused-ring (bicyclic) bond motifs is 1. The van der Waals surface area contributed by atoms with Gasteiger partial charge in [-0.25, -0.2) is 0 Å². The maximum absolute atomic E-state index is 12.0. The summed E-state index contributed by atoms with van der Waals surface area (Å²) in [4.78, 5) is 12.0. The van der Waals surface area contributed by atoms with E-state index in [4.69, 9.17) is 5.73 Å². The van der Waals surface area contributed by atoms with Crippen molar-refractivity contribution in [1.29, 1.82) is 0 Å². The van der Waals surface area contributed by atoms with Crippen LogP contribution in [0.4, 0.5) is 0 Å². The Labute approximate surface area is 131 Å². The van der Waals surface area contributed by atoms with Crippen molar-refractivity contribution in [3.8, 4) is 0 Å². The topological polar surface area (TPSA) is 85.8 Å². The number of amides is 1. The lowest BCUT2D eigenvalue weighted by atomic mass is 10.1. The van der Waals surface area contributed by atoms with Gasteiger partial charge in [0.2, 0.25) is 5.91 Å². The molecular weight excluding hydrogens is 278 g/mol. The lowest BCUT2D eigenvalue weighted by Gasteiger charge is -2.11. The molecule has 1 aromatic heterocycles. The van der Waals surface area contributed by atoms with Crippen LogP contribution in [0, 0.1) is 5.92 Å². The normalized spacial score (nSPS) is 24.8. The number of carbonyl (C=O) groups excluding carboxylic acids is 1. The molecule has 2 unspecified atom stereocenters. The Morgan fingerprint density at radius 3 is 3.00 bits per heavy atom. The van der Waals surface area contributed by atoms with Crippen LogP contribution in [0.2, 0.25) is 0 Å². The third kappa shape index (κ3) is 3.66. The van der Waals surface area contributed by atoms with Crippen molar-refractivity contribution < 1.29 is 4.79 Å². The van der Waals surface area contributed by atoms with Gasteiger partial charge in [-0.1, -0.05) is 6.42 Å². The van der Waals surface area contributed by atoms with Gasteiger partial charge in [-0.15, -0.1) is 10.2 Å². The Morgan fingerprint density at radius 1 is 1.27 bits per heavy atom. The molecule has 0 spiro atoms. The SMILES string of the molecule is NC1CCC(C(=O)NCCCc2nnc3n2CCCCC3)C1. The largest absolute Gasteiger partial charge is 0.356 e. The Hall–Kier alpha value is -1.43. The van der Waals surface area contributed by atoms with Crippen LogP contribution in [-0.2, 0) is 24.2 Å². The summed E-state index contributed by atoms with van der Waals surface area (Å²) in [6, 6.07) is 0.210. The first-order valence-corrected chi connectivity index (χ1v) is 8.68. The molecule has 1 saturated carbocycles. The lowest BCUT2D eigenvalue weighted by molar-refractivity contribution is -0.124. The number of aromatic nitrogens is 3. The standard InChI is InChI=1S/C16H27N5O/c17-13-8-7-12(11-13)16(22)18-9-4-6-15-20-19-14-5-2-1-3-10-21(14)15/h12-13H,1-11,17H2,(H,18,22). The van der Waals surface area contributed by atoms with Crippen molar-refractivity contribution in [2.75, 3.05) is 6.54 Å². The number of nitrogens with two attached hydrogens (primary N) is 1. The minimum Gasteiger partial charge on any atom is -0.356 e. The summed E-state index contributed by atoms with van der Waals surface area (Å²) in [6.45, 7) is 1.76. The van der Waals surface area contributed by atoms with Crippen LogP contribution >= 0.6 is 0 Å². The Kier molecular flexibility index (Phi) is 5.08. The maximum Gasteiger partial charge on any atom is 0.223 e. The van der Waals surface area contributed by atoms with Gasteiger partial charge >= 0.3 is 0 Å². The van der Waals surface area contributed by atoms with Gasteiger partial charge < -0.3 is 15.6 Å². The highest BCUT2D eigenvalue weighted by atomic mass is 16.1. The summed E-state index contributed by atoms with van der Waals surface area (Å²) in [7, 11) is 0. The first-order valence-electron chi connectivity index (χ1n) is 8.68. The summed E-state index contributed by atoms with van der Waals surface area (Å²) < 4.78 is 2.28. The minimum absolute atomic E-state index is 0.124. The molecule has 22 heavy (non-hydrogen) atoms. The second-order valence-electron chi connectivity index (χ2n) is 6.66. The zero-order valence-electron chi connectivity index (χ0n) is 13.3. The predicted octanol–water partition coefficient (Wildman–Crippen LogP) is 1.18. The van der Waals surface area contributed by atoms with Crippen LogP contribution in [-0.4, -0.2) is 33.3 Å². The molecule has 2 atom stereocenters. The molecule has 0 radical (unpaired) electrons. The first-order chi connectivity index (χ1) is 10.7. The molecule has 6 heteroatoms. The second-order valence-corrected chi connectivity index (χ2v) is 6.66. The van der Waals surface area contributed by atoms with E-state index in [1.54, 1.807) is 0 Å². The fourth-order valence-electron chi connectivity index (χ4n) is 3.59. The molecule has 122 valence electrons. The molecule has 2 heterocycles. The summed E-state index contributed by atoms with van der Waals surface area (Å²) in [5.74, 6) is 2.51. The van der Waals surface area contributed by atoms with Crippen LogP contribution in [0.25, 0.3) is 0 Å². The van der Waals surface area contributed by atoms with E-state index in [-0.39, 0.29) is 17.9 Å². The number of hydrogen-bond acceptors (Lipinski definition) is 4. The van der Waals surface area contributed by atoms with E-state index >= 15 is 0 Å². The van der Waals surface area contributed by atoms with Gasteiger partial charge in [-0.3, -0.25) is 4.79 Å². The summed E-state index contributed by atoms with van der Waals surface area (Å²) in [5.41, 5.74) is 5.86. The Balaban J connectivity index is 1.42. The Morgan fingerprint density at radius 2 is 2.18 bits per heavy atom. The van der Waals surface area contributed by atoms with Crippen LogP contribution in [0.1, 0.15) is 56.6 Å². The average Bonchev–Trinajstić information content (AvgIpc) is 3.03. The molecule has 2 aliphatic rings. The van der Waals surface area contributed by atoms with E-state index in [0.717, 1.165) is 56.7 Å². The third-order valence-electron chi connectivity index (χ3n) is 4.91. The summed E-state index contributed by atoms with van der Waals surface area (Å²) in [5, 5.41) is 11.7. The number of nitrogens with zero attached hydrogens (tertiary/aromatic N) is 3. The van der Waals surface area contributed by atoms with Gasteiger partial charge in [0.05, 0.1) is 0 Å². The molecule has 0 bridgehead atoms. The number of rotatable bonds is 5. The van der Waals surface area contributed by atoms with Gasteiger partial charge in [0.25, 0.3) is 0 Å². The van der Waals surface area contributed by atoms with Gasteiger partial charge in [-0.05, 0) is 38.5 Å². The minimum atomic E-state index is 0.124. The van der Waals surface area contributed by atoms with Crippen molar-refractivity contribution in [3.63, 3.8) is 0 Å². The smallest absolute Gasteiger partial charge is 0.223 e. The number of hydrogen-bond donors (Lipinski definition) is 2. The van der Waals surface area contributed by atoms with Gasteiger partial charge in [-0.2, -0.15) is 0 Å². The highest BCUT2D eigenvalue weighted by Crippen LogP contribution is 2.24. The zero-order valence-corrected chi connectivity index (χ0v) is 13.3. The maximum atomic E-state index is 12.0. The van der Waals surface area contributed by atoms with E-state index in [1.165, 1.54) is 19.3 Å².